The molecule has 0 aliphatic heterocycles. The van der Waals surface area contributed by atoms with E-state index in [0.29, 0.717) is 51.7 Å². The Hall–Kier alpha value is -2.57. The lowest BCUT2D eigenvalue weighted by atomic mass is 10.1. The number of ether oxygens (including phenoxy) is 4. The highest BCUT2D eigenvalue weighted by molar-refractivity contribution is 5.79. The highest BCUT2D eigenvalue weighted by atomic mass is 16.6. The number of unbranched alkanes of at least 4 members (excludes halogenated alkanes) is 44. The third-order valence-corrected chi connectivity index (χ3v) is 17.7. The third kappa shape index (κ3) is 69.8. The van der Waals surface area contributed by atoms with Gasteiger partial charge < -0.3 is 39.5 Å². The molecule has 12 heteroatoms. The molecule has 0 aromatic carbocycles. The average molecular weight is 1280 g/mol. The number of aliphatic hydroxyl groups is 1. The smallest absolute Gasteiger partial charge is 0.306 e. The molecule has 2 amide bonds. The van der Waals surface area contributed by atoms with Crippen LogP contribution >= 0.6 is 0 Å². The Morgan fingerprint density at radius 3 is 0.867 bits per heavy atom. The second-order valence-corrected chi connectivity index (χ2v) is 26.8. The van der Waals surface area contributed by atoms with Crippen LogP contribution in [0.3, 0.4) is 0 Å². The fourth-order valence-electron chi connectivity index (χ4n) is 11.7. The van der Waals surface area contributed by atoms with Crippen LogP contribution in [-0.4, -0.2) is 92.5 Å². The highest BCUT2D eigenvalue weighted by Gasteiger charge is 2.19. The number of hydrogen-bond acceptors (Lipinski definition) is 10. The maximum atomic E-state index is 12.6. The molecular formula is C78H152N2O10. The van der Waals surface area contributed by atoms with Gasteiger partial charge in [-0.25, -0.2) is 0 Å². The van der Waals surface area contributed by atoms with Gasteiger partial charge in [-0.2, -0.15) is 0 Å². The molecule has 0 aromatic heterocycles. The zero-order chi connectivity index (χ0) is 66.1. The summed E-state index contributed by atoms with van der Waals surface area (Å²) >= 11 is 0. The number of aldehydes is 1. The van der Waals surface area contributed by atoms with Crippen LogP contribution in [0.4, 0.5) is 0 Å². The molecule has 0 aliphatic carbocycles. The molecule has 0 heterocycles. The minimum atomic E-state index is -0.633. The summed E-state index contributed by atoms with van der Waals surface area (Å²) in [5.74, 6) is -0.276. The van der Waals surface area contributed by atoms with Crippen LogP contribution in [-0.2, 0) is 42.9 Å². The third-order valence-electron chi connectivity index (χ3n) is 17.7. The first kappa shape index (κ1) is 89.5. The van der Waals surface area contributed by atoms with Crippen LogP contribution in [0.5, 0.6) is 0 Å². The normalized spacial score (nSPS) is 12.7. The van der Waals surface area contributed by atoms with Crippen molar-refractivity contribution < 1.29 is 48.0 Å². The van der Waals surface area contributed by atoms with Crippen molar-refractivity contribution >= 4 is 30.0 Å². The van der Waals surface area contributed by atoms with E-state index < -0.39 is 12.1 Å². The van der Waals surface area contributed by atoms with Crippen LogP contribution in [0.25, 0.3) is 0 Å². The van der Waals surface area contributed by atoms with Gasteiger partial charge >= 0.3 is 11.9 Å². The Balaban J connectivity index is 0. The van der Waals surface area contributed by atoms with Gasteiger partial charge in [0.25, 0.3) is 0 Å². The molecule has 0 rings (SSSR count). The summed E-state index contributed by atoms with van der Waals surface area (Å²) in [6.45, 7) is 14.6. The van der Waals surface area contributed by atoms with Crippen molar-refractivity contribution in [1.29, 1.82) is 0 Å². The minimum Gasteiger partial charge on any atom is -0.462 e. The number of carbonyl (C=O) groups excluding carboxylic acids is 5. The van der Waals surface area contributed by atoms with Gasteiger partial charge in [-0.05, 0) is 51.4 Å². The van der Waals surface area contributed by atoms with Crippen molar-refractivity contribution in [3.05, 3.63) is 0 Å². The van der Waals surface area contributed by atoms with Crippen LogP contribution in [0.2, 0.25) is 0 Å². The summed E-state index contributed by atoms with van der Waals surface area (Å²) in [5.41, 5.74) is 0. The summed E-state index contributed by atoms with van der Waals surface area (Å²) < 4.78 is 23.4. The number of nitrogens with one attached hydrogen (secondary N) is 2. The van der Waals surface area contributed by atoms with Crippen molar-refractivity contribution in [3.63, 3.8) is 0 Å². The van der Waals surface area contributed by atoms with Crippen LogP contribution < -0.4 is 10.6 Å². The molecule has 0 bridgehead atoms. The lowest BCUT2D eigenvalue weighted by molar-refractivity contribution is -0.151. The van der Waals surface area contributed by atoms with Crippen LogP contribution in [0, 0.1) is 0 Å². The van der Waals surface area contributed by atoms with Gasteiger partial charge in [0, 0.05) is 38.5 Å². The molecule has 12 nitrogen and oxygen atoms in total. The summed E-state index contributed by atoms with van der Waals surface area (Å²) in [6.07, 6.45) is 66.9. The molecule has 3 N–H and O–H groups in total. The predicted octanol–water partition coefficient (Wildman–Crippen LogP) is 21.7. The topological polar surface area (TPSA) is 167 Å². The average Bonchev–Trinajstić information content (AvgIpc) is 3.66. The minimum absolute atomic E-state index is 0.0102. The molecule has 4 atom stereocenters. The summed E-state index contributed by atoms with van der Waals surface area (Å²) in [5, 5.41) is 15.5. The van der Waals surface area contributed by atoms with Crippen LogP contribution in [0.15, 0.2) is 0 Å². The van der Waals surface area contributed by atoms with Gasteiger partial charge in [0.05, 0.1) is 39.1 Å². The Morgan fingerprint density at radius 1 is 0.322 bits per heavy atom. The zero-order valence-electron chi connectivity index (χ0n) is 60.6. The van der Waals surface area contributed by atoms with Crippen molar-refractivity contribution in [2.75, 3.05) is 33.0 Å². The maximum absolute atomic E-state index is 12.6. The molecular weight excluding hydrogens is 1120 g/mol. The molecule has 0 spiro atoms. The van der Waals surface area contributed by atoms with E-state index in [-0.39, 0.29) is 55.8 Å². The lowest BCUT2D eigenvalue weighted by Gasteiger charge is -2.20. The number of rotatable bonds is 72. The molecule has 90 heavy (non-hydrogen) atoms. The highest BCUT2D eigenvalue weighted by Crippen LogP contribution is 2.19. The van der Waals surface area contributed by atoms with Gasteiger partial charge in [0.1, 0.15) is 24.5 Å². The van der Waals surface area contributed by atoms with E-state index in [1.54, 1.807) is 0 Å². The first-order valence-corrected chi connectivity index (χ1v) is 39.3. The van der Waals surface area contributed by atoms with E-state index in [1.165, 1.54) is 250 Å². The first-order chi connectivity index (χ1) is 44.1. The Bertz CT molecular complexity index is 1500. The molecule has 0 saturated carbocycles. The Morgan fingerprint density at radius 2 is 0.578 bits per heavy atom. The number of carbonyl (C=O) groups is 5. The van der Waals surface area contributed by atoms with Crippen molar-refractivity contribution in [3.8, 4) is 0 Å². The van der Waals surface area contributed by atoms with Gasteiger partial charge in [-0.1, -0.05) is 324 Å². The zero-order valence-corrected chi connectivity index (χ0v) is 60.6. The van der Waals surface area contributed by atoms with E-state index in [1.807, 2.05) is 0 Å². The number of amides is 2. The van der Waals surface area contributed by atoms with E-state index in [9.17, 15) is 29.1 Å². The lowest BCUT2D eigenvalue weighted by Crippen LogP contribution is -2.41. The summed E-state index contributed by atoms with van der Waals surface area (Å²) in [4.78, 5) is 61.4. The monoisotopic (exact) mass is 1280 g/mol. The van der Waals surface area contributed by atoms with E-state index in [4.69, 9.17) is 18.9 Å². The summed E-state index contributed by atoms with van der Waals surface area (Å²) in [7, 11) is 0. The fraction of sp³-hybridized carbons (Fsp3) is 0.936. The van der Waals surface area contributed by atoms with Crippen molar-refractivity contribution in [2.45, 2.75) is 438 Å². The van der Waals surface area contributed by atoms with Crippen LogP contribution in [0.1, 0.15) is 414 Å². The van der Waals surface area contributed by atoms with E-state index in [0.717, 1.165) is 89.8 Å². The molecule has 0 radical (unpaired) electrons. The predicted molar refractivity (Wildman–Crippen MR) is 380 cm³/mol. The number of esters is 2. The quantitative estimate of drug-likeness (QED) is 0.0303. The molecule has 0 aliphatic rings. The number of hydrogen-bond donors (Lipinski definition) is 3. The van der Waals surface area contributed by atoms with Gasteiger partial charge in [0.15, 0.2) is 0 Å². The van der Waals surface area contributed by atoms with E-state index in [2.05, 4.69) is 52.2 Å². The molecule has 0 unspecified atom stereocenters. The molecule has 0 saturated heterocycles. The molecule has 0 fully saturated rings. The SMILES string of the molecule is CCCCCCCCCCCCCC(=O)N[C@@H](C=O)COCC[C@@H](CCCCCCC)OC(=O)CCCCCCCCCCC.CCCCCCCCCCCCCC(=O)N[C@@H](CO)COCC[C@@H](CCCCCCC)OC(=O)CCCCCCCCCCC. The second kappa shape index (κ2) is 75.5. The molecule has 534 valence electrons. The van der Waals surface area contributed by atoms with Gasteiger partial charge in [0.2, 0.25) is 11.8 Å². The van der Waals surface area contributed by atoms with Crippen molar-refractivity contribution in [1.82, 2.24) is 10.6 Å². The number of aliphatic hydroxyl groups excluding tert-OH is 1. The van der Waals surface area contributed by atoms with Gasteiger partial charge in [-0.15, -0.1) is 0 Å². The standard InChI is InChI=1S/C39H77NO5.C39H75NO5/c2*1-4-7-10-13-15-17-18-20-21-24-27-30-38(42)40-36(34-41)35-44-33-32-37(29-26-23-12-9-6-3)45-39(43)31-28-25-22-19-16-14-11-8-5-2/h36-37,41H,4-35H2,1-3H3,(H,40,42);34,36-37H,4-33,35H2,1-3H3,(H,40,42)/t2*36-,37+/m00/s1. The Labute approximate surface area is 557 Å². The Kier molecular flexibility index (Phi) is 75.0. The molecule has 0 aromatic rings. The van der Waals surface area contributed by atoms with Gasteiger partial charge in [-0.3, -0.25) is 19.2 Å². The fourth-order valence-corrected chi connectivity index (χ4v) is 11.7. The largest absolute Gasteiger partial charge is 0.462 e. The van der Waals surface area contributed by atoms with E-state index >= 15 is 0 Å². The van der Waals surface area contributed by atoms with Crippen molar-refractivity contribution in [2.24, 2.45) is 0 Å². The maximum Gasteiger partial charge on any atom is 0.306 e. The first-order valence-electron chi connectivity index (χ1n) is 39.3. The summed E-state index contributed by atoms with van der Waals surface area (Å²) in [6, 6.07) is -1.03. The second-order valence-electron chi connectivity index (χ2n) is 26.8.